The first-order valence-corrected chi connectivity index (χ1v) is 7.29. The first-order chi connectivity index (χ1) is 9.97. The minimum absolute atomic E-state index is 0.193. The van der Waals surface area contributed by atoms with Crippen LogP contribution in [0, 0.1) is 12.7 Å². The highest BCUT2D eigenvalue weighted by atomic mass is 19.1. The molecule has 2 nitrogen and oxygen atoms in total. The number of hydrogen-bond acceptors (Lipinski definition) is 2. The Hall–Kier alpha value is -1.87. The molecule has 2 aromatic carbocycles. The molecule has 0 aliphatic carbocycles. The molecule has 0 unspecified atom stereocenters. The van der Waals surface area contributed by atoms with Crippen LogP contribution in [0.2, 0.25) is 0 Å². The predicted molar refractivity (Wildman–Crippen MR) is 87.6 cm³/mol. The van der Waals surface area contributed by atoms with Gasteiger partial charge in [0, 0.05) is 25.3 Å². The monoisotopic (exact) mass is 286 g/mol. The molecular weight excluding hydrogens is 263 g/mol. The fourth-order valence-corrected chi connectivity index (χ4v) is 2.16. The molecule has 112 valence electrons. The molecular formula is C18H23FN2. The van der Waals surface area contributed by atoms with Gasteiger partial charge in [0.25, 0.3) is 0 Å². The van der Waals surface area contributed by atoms with Gasteiger partial charge in [-0.05, 0) is 36.8 Å². The fraction of sp³-hybridized carbons (Fsp3) is 0.333. The summed E-state index contributed by atoms with van der Waals surface area (Å²) in [4.78, 5) is 1.87. The minimum Gasteiger partial charge on any atom is -0.342 e. The molecule has 0 fully saturated rings. The van der Waals surface area contributed by atoms with Crippen LogP contribution in [0.1, 0.15) is 25.0 Å². The van der Waals surface area contributed by atoms with Gasteiger partial charge in [-0.2, -0.15) is 0 Å². The number of nitrogens with one attached hydrogen (secondary N) is 1. The maximum absolute atomic E-state index is 14.3. The van der Waals surface area contributed by atoms with E-state index in [1.807, 2.05) is 55.3 Å². The van der Waals surface area contributed by atoms with Crippen LogP contribution in [0.4, 0.5) is 15.8 Å². The highest BCUT2D eigenvalue weighted by Gasteiger charge is 2.10. The average Bonchev–Trinajstić information content (AvgIpc) is 2.45. The number of anilines is 2. The van der Waals surface area contributed by atoms with Gasteiger partial charge in [-0.1, -0.05) is 37.6 Å². The molecule has 2 rings (SSSR count). The lowest BCUT2D eigenvalue weighted by molar-refractivity contribution is 0.581. The zero-order valence-electron chi connectivity index (χ0n) is 13.2. The molecule has 21 heavy (non-hydrogen) atoms. The zero-order valence-corrected chi connectivity index (χ0v) is 13.2. The van der Waals surface area contributed by atoms with Gasteiger partial charge < -0.3 is 10.2 Å². The van der Waals surface area contributed by atoms with Gasteiger partial charge in [-0.15, -0.1) is 0 Å². The fourth-order valence-electron chi connectivity index (χ4n) is 2.16. The molecule has 0 aliphatic heterocycles. The Morgan fingerprint density at radius 1 is 1.10 bits per heavy atom. The average molecular weight is 286 g/mol. The maximum atomic E-state index is 14.3. The number of rotatable bonds is 5. The molecule has 2 aromatic rings. The third kappa shape index (κ3) is 4.05. The second-order valence-corrected chi connectivity index (χ2v) is 5.72. The molecule has 0 bridgehead atoms. The zero-order chi connectivity index (χ0) is 15.4. The van der Waals surface area contributed by atoms with E-state index in [1.54, 1.807) is 6.07 Å². The number of aryl methyl sites for hydroxylation is 1. The highest BCUT2D eigenvalue weighted by Crippen LogP contribution is 2.27. The van der Waals surface area contributed by atoms with Crippen LogP contribution < -0.4 is 10.2 Å². The molecule has 0 heterocycles. The molecule has 0 saturated carbocycles. The quantitative estimate of drug-likeness (QED) is 0.876. The topological polar surface area (TPSA) is 15.3 Å². The second-order valence-electron chi connectivity index (χ2n) is 5.72. The lowest BCUT2D eigenvalue weighted by atomic mass is 10.1. The van der Waals surface area contributed by atoms with E-state index in [9.17, 15) is 4.39 Å². The number of nitrogens with zero attached hydrogens (tertiary/aromatic N) is 1. The van der Waals surface area contributed by atoms with Gasteiger partial charge in [0.1, 0.15) is 5.82 Å². The molecule has 0 spiro atoms. The molecule has 0 radical (unpaired) electrons. The predicted octanol–water partition coefficient (Wildman–Crippen LogP) is 4.40. The summed E-state index contributed by atoms with van der Waals surface area (Å²) in [6.07, 6.45) is 0. The van der Waals surface area contributed by atoms with Gasteiger partial charge >= 0.3 is 0 Å². The van der Waals surface area contributed by atoms with Gasteiger partial charge in [0.2, 0.25) is 0 Å². The van der Waals surface area contributed by atoms with Crippen LogP contribution in [0.25, 0.3) is 0 Å². The van der Waals surface area contributed by atoms with E-state index in [2.05, 4.69) is 19.2 Å². The summed E-state index contributed by atoms with van der Waals surface area (Å²) in [5.41, 5.74) is 3.73. The molecule has 0 saturated heterocycles. The smallest absolute Gasteiger partial charge is 0.147 e. The van der Waals surface area contributed by atoms with Crippen molar-refractivity contribution in [1.29, 1.82) is 0 Å². The molecule has 0 atom stereocenters. The Morgan fingerprint density at radius 3 is 2.33 bits per heavy atom. The number of halogens is 1. The van der Waals surface area contributed by atoms with Crippen molar-refractivity contribution in [3.05, 3.63) is 59.4 Å². The van der Waals surface area contributed by atoms with Crippen molar-refractivity contribution in [2.24, 2.45) is 0 Å². The number of hydrogen-bond donors (Lipinski definition) is 1. The van der Waals surface area contributed by atoms with Crippen molar-refractivity contribution >= 4 is 11.4 Å². The van der Waals surface area contributed by atoms with Crippen LogP contribution in [-0.2, 0) is 6.54 Å². The largest absolute Gasteiger partial charge is 0.342 e. The van der Waals surface area contributed by atoms with E-state index < -0.39 is 0 Å². The Balaban J connectivity index is 2.18. The summed E-state index contributed by atoms with van der Waals surface area (Å²) in [5, 5.41) is 3.30. The van der Waals surface area contributed by atoms with E-state index in [1.165, 1.54) is 5.56 Å². The van der Waals surface area contributed by atoms with Gasteiger partial charge in [-0.3, -0.25) is 0 Å². The second kappa shape index (κ2) is 6.72. The Morgan fingerprint density at radius 2 is 1.76 bits per heavy atom. The number of benzene rings is 2. The normalized spacial score (nSPS) is 11.0. The lowest BCUT2D eigenvalue weighted by Crippen LogP contribution is -2.22. The van der Waals surface area contributed by atoms with Crippen molar-refractivity contribution < 1.29 is 4.39 Å². The molecule has 0 amide bonds. The summed E-state index contributed by atoms with van der Waals surface area (Å²) < 4.78 is 14.3. The van der Waals surface area contributed by atoms with E-state index in [4.69, 9.17) is 0 Å². The van der Waals surface area contributed by atoms with Gasteiger partial charge in [0.05, 0.1) is 5.69 Å². The van der Waals surface area contributed by atoms with Gasteiger partial charge in [-0.25, -0.2) is 4.39 Å². The maximum Gasteiger partial charge on any atom is 0.147 e. The molecule has 1 N–H and O–H groups in total. The first-order valence-electron chi connectivity index (χ1n) is 7.29. The highest BCUT2D eigenvalue weighted by molar-refractivity contribution is 5.63. The first kappa shape index (κ1) is 15.5. The van der Waals surface area contributed by atoms with Crippen LogP contribution >= 0.6 is 0 Å². The third-order valence-corrected chi connectivity index (χ3v) is 3.51. The van der Waals surface area contributed by atoms with E-state index in [0.29, 0.717) is 18.3 Å². The Kier molecular flexibility index (Phi) is 4.97. The van der Waals surface area contributed by atoms with Crippen LogP contribution in [0.5, 0.6) is 0 Å². The van der Waals surface area contributed by atoms with Crippen LogP contribution in [0.15, 0.2) is 42.5 Å². The molecule has 0 aromatic heterocycles. The lowest BCUT2D eigenvalue weighted by Gasteiger charge is -2.21. The third-order valence-electron chi connectivity index (χ3n) is 3.51. The van der Waals surface area contributed by atoms with Crippen LogP contribution in [-0.4, -0.2) is 13.1 Å². The summed E-state index contributed by atoms with van der Waals surface area (Å²) >= 11 is 0. The summed E-state index contributed by atoms with van der Waals surface area (Å²) in [5.74, 6) is -0.193. The SMILES string of the molecule is Cc1ccc(N(C)c2ccc(CNC(C)C)cc2F)cc1. The van der Waals surface area contributed by atoms with Crippen molar-refractivity contribution in [2.45, 2.75) is 33.4 Å². The molecule has 3 heteroatoms. The van der Waals surface area contributed by atoms with E-state index >= 15 is 0 Å². The van der Waals surface area contributed by atoms with Crippen LogP contribution in [0.3, 0.4) is 0 Å². The van der Waals surface area contributed by atoms with E-state index in [-0.39, 0.29) is 5.82 Å². The Labute approximate surface area is 126 Å². The van der Waals surface area contributed by atoms with Crippen molar-refractivity contribution in [1.82, 2.24) is 5.32 Å². The van der Waals surface area contributed by atoms with Crippen molar-refractivity contribution in [3.8, 4) is 0 Å². The van der Waals surface area contributed by atoms with Crippen molar-refractivity contribution in [2.75, 3.05) is 11.9 Å². The van der Waals surface area contributed by atoms with Gasteiger partial charge in [0.15, 0.2) is 0 Å². The Bertz CT molecular complexity index is 591. The molecule has 0 aliphatic rings. The summed E-state index contributed by atoms with van der Waals surface area (Å²) in [7, 11) is 1.88. The minimum atomic E-state index is -0.193. The summed E-state index contributed by atoms with van der Waals surface area (Å²) in [6, 6.07) is 13.9. The standard InChI is InChI=1S/C18H23FN2/c1-13(2)20-12-15-7-10-18(17(19)11-15)21(4)16-8-5-14(3)6-9-16/h5-11,13,20H,12H2,1-4H3. The van der Waals surface area contributed by atoms with Crippen molar-refractivity contribution in [3.63, 3.8) is 0 Å². The van der Waals surface area contributed by atoms with E-state index in [0.717, 1.165) is 11.3 Å². The summed E-state index contributed by atoms with van der Waals surface area (Å²) in [6.45, 7) is 6.88.